The quantitative estimate of drug-likeness (QED) is 0.267. The second-order valence-corrected chi connectivity index (χ2v) is 8.53. The van der Waals surface area contributed by atoms with Crippen molar-refractivity contribution in [1.29, 1.82) is 0 Å². The van der Waals surface area contributed by atoms with Crippen LogP contribution in [0.15, 0.2) is 132 Å². The van der Waals surface area contributed by atoms with Crippen LogP contribution >= 0.6 is 15.9 Å². The summed E-state index contributed by atoms with van der Waals surface area (Å²) in [5.41, 5.74) is 9.31. The molecule has 1 nitrogen and oxygen atoms in total. The number of rotatable bonds is 5. The van der Waals surface area contributed by atoms with E-state index in [1.165, 1.54) is 33.4 Å². The minimum Gasteiger partial charge on any atom is -0.355 e. The molecule has 0 radical (unpaired) electrons. The van der Waals surface area contributed by atoms with Crippen LogP contribution in [0.4, 0.5) is 11.4 Å². The third kappa shape index (κ3) is 4.37. The van der Waals surface area contributed by atoms with Crippen LogP contribution in [-0.4, -0.2) is 0 Å². The van der Waals surface area contributed by atoms with E-state index in [0.29, 0.717) is 0 Å². The monoisotopic (exact) mass is 475 g/mol. The molecule has 5 rings (SSSR count). The molecule has 0 aromatic heterocycles. The molecule has 0 bridgehead atoms. The normalized spacial score (nSPS) is 10.7. The Balaban J connectivity index is 1.46. The number of halogens is 1. The van der Waals surface area contributed by atoms with Gasteiger partial charge in [0.15, 0.2) is 0 Å². The van der Waals surface area contributed by atoms with Gasteiger partial charge in [0.2, 0.25) is 0 Å². The van der Waals surface area contributed by atoms with Gasteiger partial charge in [-0.05, 0) is 52.1 Å². The minimum absolute atomic E-state index is 1.06. The predicted molar refractivity (Wildman–Crippen MR) is 140 cm³/mol. The van der Waals surface area contributed by atoms with Gasteiger partial charge in [-0.1, -0.05) is 119 Å². The number of para-hydroxylation sites is 1. The molecule has 0 atom stereocenters. The molecule has 154 valence electrons. The zero-order valence-electron chi connectivity index (χ0n) is 17.5. The fourth-order valence-corrected chi connectivity index (χ4v) is 4.39. The molecule has 0 spiro atoms. The van der Waals surface area contributed by atoms with E-state index in [1.807, 2.05) is 12.1 Å². The highest BCUT2D eigenvalue weighted by atomic mass is 79.9. The Morgan fingerprint density at radius 1 is 0.438 bits per heavy atom. The average Bonchev–Trinajstić information content (AvgIpc) is 2.87. The van der Waals surface area contributed by atoms with Crippen molar-refractivity contribution in [2.24, 2.45) is 0 Å². The first-order chi connectivity index (χ1) is 15.8. The molecule has 1 N–H and O–H groups in total. The maximum absolute atomic E-state index is 3.70. The van der Waals surface area contributed by atoms with Crippen molar-refractivity contribution in [3.8, 4) is 33.4 Å². The number of nitrogens with one attached hydrogen (secondary N) is 1. The van der Waals surface area contributed by atoms with Crippen molar-refractivity contribution >= 4 is 27.3 Å². The van der Waals surface area contributed by atoms with Crippen LogP contribution in [0.1, 0.15) is 0 Å². The molecule has 0 saturated carbocycles. The Bertz CT molecular complexity index is 1330. The van der Waals surface area contributed by atoms with Crippen LogP contribution in [0.2, 0.25) is 0 Å². The van der Waals surface area contributed by atoms with E-state index in [9.17, 15) is 0 Å². The van der Waals surface area contributed by atoms with Crippen molar-refractivity contribution in [1.82, 2.24) is 0 Å². The lowest BCUT2D eigenvalue weighted by atomic mass is 9.99. The maximum Gasteiger partial charge on any atom is 0.0463 e. The van der Waals surface area contributed by atoms with Gasteiger partial charge in [0.25, 0.3) is 0 Å². The number of hydrogen-bond acceptors (Lipinski definition) is 1. The van der Waals surface area contributed by atoms with Gasteiger partial charge >= 0.3 is 0 Å². The third-order valence-corrected chi connectivity index (χ3v) is 6.25. The fourth-order valence-electron chi connectivity index (χ4n) is 3.91. The van der Waals surface area contributed by atoms with Gasteiger partial charge in [-0.3, -0.25) is 0 Å². The molecule has 0 amide bonds. The highest BCUT2D eigenvalue weighted by Crippen LogP contribution is 2.35. The molecular formula is C30H22BrN. The Labute approximate surface area is 197 Å². The predicted octanol–water partition coefficient (Wildman–Crippen LogP) is 9.19. The summed E-state index contributed by atoms with van der Waals surface area (Å²) >= 11 is 3.70. The molecule has 0 heterocycles. The summed E-state index contributed by atoms with van der Waals surface area (Å²) in [7, 11) is 0. The third-order valence-electron chi connectivity index (χ3n) is 5.56. The molecular weight excluding hydrogens is 454 g/mol. The topological polar surface area (TPSA) is 12.0 Å². The molecule has 5 aromatic rings. The van der Waals surface area contributed by atoms with E-state index in [0.717, 1.165) is 15.8 Å². The number of hydrogen-bond donors (Lipinski definition) is 1. The molecule has 5 aromatic carbocycles. The largest absolute Gasteiger partial charge is 0.355 e. The summed E-state index contributed by atoms with van der Waals surface area (Å²) in [6.45, 7) is 0. The SMILES string of the molecule is Brc1ccc(Nc2ccccc2-c2ccc(-c3ccccc3)cc2)cc1-c1ccccc1. The lowest BCUT2D eigenvalue weighted by Gasteiger charge is -2.15. The van der Waals surface area contributed by atoms with Gasteiger partial charge in [-0.2, -0.15) is 0 Å². The molecule has 0 fully saturated rings. The van der Waals surface area contributed by atoms with Gasteiger partial charge in [0.05, 0.1) is 0 Å². The van der Waals surface area contributed by atoms with E-state index in [4.69, 9.17) is 0 Å². The second kappa shape index (κ2) is 9.25. The van der Waals surface area contributed by atoms with Gasteiger partial charge in [0, 0.05) is 21.4 Å². The smallest absolute Gasteiger partial charge is 0.0463 e. The van der Waals surface area contributed by atoms with Crippen LogP contribution in [0.5, 0.6) is 0 Å². The lowest BCUT2D eigenvalue weighted by molar-refractivity contribution is 1.51. The average molecular weight is 476 g/mol. The summed E-state index contributed by atoms with van der Waals surface area (Å²) in [6.07, 6.45) is 0. The van der Waals surface area contributed by atoms with Crippen LogP contribution in [0.3, 0.4) is 0 Å². The Morgan fingerprint density at radius 3 is 1.69 bits per heavy atom. The molecule has 0 saturated heterocycles. The highest BCUT2D eigenvalue weighted by molar-refractivity contribution is 9.10. The van der Waals surface area contributed by atoms with Gasteiger partial charge in [0.1, 0.15) is 0 Å². The lowest BCUT2D eigenvalue weighted by Crippen LogP contribution is -1.94. The van der Waals surface area contributed by atoms with Crippen LogP contribution in [0, 0.1) is 0 Å². The summed E-state index contributed by atoms with van der Waals surface area (Å²) in [4.78, 5) is 0. The van der Waals surface area contributed by atoms with Crippen LogP contribution in [0.25, 0.3) is 33.4 Å². The number of anilines is 2. The summed E-state index contributed by atoms with van der Waals surface area (Å²) in [5.74, 6) is 0. The molecule has 0 aliphatic heterocycles. The van der Waals surface area contributed by atoms with E-state index in [2.05, 4.69) is 137 Å². The van der Waals surface area contributed by atoms with E-state index in [-0.39, 0.29) is 0 Å². The van der Waals surface area contributed by atoms with Crippen molar-refractivity contribution in [2.75, 3.05) is 5.32 Å². The minimum atomic E-state index is 1.06. The summed E-state index contributed by atoms with van der Waals surface area (Å²) in [5, 5.41) is 3.63. The van der Waals surface area contributed by atoms with Crippen molar-refractivity contribution in [2.45, 2.75) is 0 Å². The van der Waals surface area contributed by atoms with Gasteiger partial charge < -0.3 is 5.32 Å². The molecule has 32 heavy (non-hydrogen) atoms. The zero-order valence-corrected chi connectivity index (χ0v) is 19.1. The van der Waals surface area contributed by atoms with E-state index >= 15 is 0 Å². The zero-order chi connectivity index (χ0) is 21.8. The Kier molecular flexibility index (Phi) is 5.87. The Morgan fingerprint density at radius 2 is 0.969 bits per heavy atom. The molecule has 0 aliphatic carbocycles. The first-order valence-corrected chi connectivity index (χ1v) is 11.4. The molecule has 0 unspecified atom stereocenters. The first-order valence-electron chi connectivity index (χ1n) is 10.6. The van der Waals surface area contributed by atoms with Crippen LogP contribution in [-0.2, 0) is 0 Å². The highest BCUT2D eigenvalue weighted by Gasteiger charge is 2.08. The van der Waals surface area contributed by atoms with Crippen LogP contribution < -0.4 is 5.32 Å². The van der Waals surface area contributed by atoms with Gasteiger partial charge in [-0.25, -0.2) is 0 Å². The second-order valence-electron chi connectivity index (χ2n) is 7.67. The summed E-state index contributed by atoms with van der Waals surface area (Å²) in [6, 6.07) is 44.5. The standard InChI is InChI=1S/C30H22BrN/c31-29-20-19-26(21-28(29)24-11-5-2-6-12-24)32-30-14-8-7-13-27(30)25-17-15-23(16-18-25)22-9-3-1-4-10-22/h1-21,32H. The van der Waals surface area contributed by atoms with Crippen molar-refractivity contribution < 1.29 is 0 Å². The van der Waals surface area contributed by atoms with Gasteiger partial charge in [-0.15, -0.1) is 0 Å². The summed E-state index contributed by atoms with van der Waals surface area (Å²) < 4.78 is 1.08. The number of benzene rings is 5. The molecule has 0 aliphatic rings. The first kappa shape index (κ1) is 20.3. The fraction of sp³-hybridized carbons (Fsp3) is 0. The van der Waals surface area contributed by atoms with Crippen molar-refractivity contribution in [3.05, 3.63) is 132 Å². The van der Waals surface area contributed by atoms with E-state index < -0.39 is 0 Å². The van der Waals surface area contributed by atoms with Crippen molar-refractivity contribution in [3.63, 3.8) is 0 Å². The molecule has 2 heteroatoms. The van der Waals surface area contributed by atoms with E-state index in [1.54, 1.807) is 0 Å². The Hall–Kier alpha value is -3.62. The maximum atomic E-state index is 3.70.